The maximum atomic E-state index is 6.40. The van der Waals surface area contributed by atoms with Gasteiger partial charge in [0.05, 0.1) is 0 Å². The Balaban J connectivity index is 1.28. The van der Waals surface area contributed by atoms with Crippen molar-refractivity contribution in [2.24, 2.45) is 0 Å². The lowest BCUT2D eigenvalue weighted by atomic mass is 9.99. The zero-order valence-corrected chi connectivity index (χ0v) is 24.3. The summed E-state index contributed by atoms with van der Waals surface area (Å²) in [5.41, 5.74) is 6.90. The molecule has 0 amide bonds. The highest BCUT2D eigenvalue weighted by molar-refractivity contribution is 7.26. The summed E-state index contributed by atoms with van der Waals surface area (Å²) in [5, 5.41) is 4.58. The maximum Gasteiger partial charge on any atom is 0.164 e. The molecular formula is C39H23N3OS. The van der Waals surface area contributed by atoms with E-state index in [0.717, 1.165) is 55.1 Å². The average molecular weight is 582 g/mol. The minimum Gasteiger partial charge on any atom is -0.455 e. The van der Waals surface area contributed by atoms with Crippen LogP contribution in [0.25, 0.3) is 87.4 Å². The number of fused-ring (bicyclic) bond motifs is 6. The van der Waals surface area contributed by atoms with Gasteiger partial charge in [-0.05, 0) is 29.8 Å². The molecule has 6 aromatic carbocycles. The van der Waals surface area contributed by atoms with E-state index in [1.165, 1.54) is 14.8 Å². The third kappa shape index (κ3) is 4.02. The SMILES string of the molecule is c1ccc(-c2nc(-c3ccccc3)nc(-c3cccc4sc5ccc(-c6cccc7c6oc6ccccc67)cc5c34)n2)cc1. The Morgan fingerprint density at radius 2 is 1.07 bits per heavy atom. The highest BCUT2D eigenvalue weighted by Gasteiger charge is 2.18. The van der Waals surface area contributed by atoms with E-state index in [1.807, 2.05) is 72.8 Å². The van der Waals surface area contributed by atoms with Crippen molar-refractivity contribution in [3.63, 3.8) is 0 Å². The van der Waals surface area contributed by atoms with Crippen LogP contribution in [0.1, 0.15) is 0 Å². The van der Waals surface area contributed by atoms with Gasteiger partial charge < -0.3 is 4.42 Å². The molecule has 0 aliphatic carbocycles. The van der Waals surface area contributed by atoms with E-state index in [2.05, 4.69) is 66.7 Å². The number of nitrogens with zero attached hydrogens (tertiary/aromatic N) is 3. The lowest BCUT2D eigenvalue weighted by Crippen LogP contribution is -2.00. The van der Waals surface area contributed by atoms with E-state index < -0.39 is 0 Å². The van der Waals surface area contributed by atoms with Crippen molar-refractivity contribution in [2.75, 3.05) is 0 Å². The first-order valence-electron chi connectivity index (χ1n) is 14.5. The van der Waals surface area contributed by atoms with Crippen LogP contribution in [0.2, 0.25) is 0 Å². The monoisotopic (exact) mass is 581 g/mol. The molecule has 0 fully saturated rings. The first-order chi connectivity index (χ1) is 21.8. The summed E-state index contributed by atoms with van der Waals surface area (Å²) in [6.45, 7) is 0. The molecule has 0 bridgehead atoms. The van der Waals surface area contributed by atoms with E-state index in [0.29, 0.717) is 17.5 Å². The molecule has 9 aromatic rings. The zero-order chi connectivity index (χ0) is 29.0. The largest absolute Gasteiger partial charge is 0.455 e. The Labute approximate surface area is 256 Å². The molecule has 0 aliphatic heterocycles. The zero-order valence-electron chi connectivity index (χ0n) is 23.4. The molecule has 0 saturated heterocycles. The van der Waals surface area contributed by atoms with Crippen LogP contribution in [0.15, 0.2) is 144 Å². The minimum absolute atomic E-state index is 0.656. The molecule has 206 valence electrons. The van der Waals surface area contributed by atoms with Crippen LogP contribution in [0.4, 0.5) is 0 Å². The molecule has 0 atom stereocenters. The number of thiophene rings is 1. The van der Waals surface area contributed by atoms with E-state index >= 15 is 0 Å². The van der Waals surface area contributed by atoms with Crippen LogP contribution in [-0.4, -0.2) is 15.0 Å². The van der Waals surface area contributed by atoms with Crippen LogP contribution in [0.3, 0.4) is 0 Å². The topological polar surface area (TPSA) is 51.8 Å². The van der Waals surface area contributed by atoms with Crippen molar-refractivity contribution < 1.29 is 4.42 Å². The van der Waals surface area contributed by atoms with Gasteiger partial charge in [-0.3, -0.25) is 0 Å². The molecule has 44 heavy (non-hydrogen) atoms. The molecule has 0 N–H and O–H groups in total. The summed E-state index contributed by atoms with van der Waals surface area (Å²) in [7, 11) is 0. The molecule has 4 nitrogen and oxygen atoms in total. The molecule has 0 radical (unpaired) electrons. The lowest BCUT2D eigenvalue weighted by molar-refractivity contribution is 0.670. The van der Waals surface area contributed by atoms with Gasteiger partial charge in [0.25, 0.3) is 0 Å². The summed E-state index contributed by atoms with van der Waals surface area (Å²) in [6, 6.07) is 48.0. The predicted molar refractivity (Wildman–Crippen MR) is 182 cm³/mol. The number of hydrogen-bond donors (Lipinski definition) is 0. The number of furan rings is 1. The molecule has 0 saturated carbocycles. The third-order valence-corrected chi connectivity index (χ3v) is 9.29. The van der Waals surface area contributed by atoms with Gasteiger partial charge in [-0.25, -0.2) is 15.0 Å². The Morgan fingerprint density at radius 3 is 1.84 bits per heavy atom. The number of benzene rings is 6. The first-order valence-corrected chi connectivity index (χ1v) is 15.3. The van der Waals surface area contributed by atoms with Crippen molar-refractivity contribution in [3.05, 3.63) is 140 Å². The lowest BCUT2D eigenvalue weighted by Gasteiger charge is -2.10. The van der Waals surface area contributed by atoms with Gasteiger partial charge in [0.2, 0.25) is 0 Å². The van der Waals surface area contributed by atoms with Crippen molar-refractivity contribution in [1.82, 2.24) is 15.0 Å². The Morgan fingerprint density at radius 1 is 0.432 bits per heavy atom. The predicted octanol–water partition coefficient (Wildman–Crippen LogP) is 10.8. The molecule has 5 heteroatoms. The molecular weight excluding hydrogens is 559 g/mol. The van der Waals surface area contributed by atoms with Gasteiger partial charge in [-0.15, -0.1) is 11.3 Å². The van der Waals surface area contributed by atoms with E-state index in [9.17, 15) is 0 Å². The second-order valence-corrected chi connectivity index (χ2v) is 11.9. The Kier molecular flexibility index (Phi) is 5.64. The maximum absolute atomic E-state index is 6.40. The normalized spacial score (nSPS) is 11.6. The molecule has 3 aromatic heterocycles. The van der Waals surface area contributed by atoms with Crippen molar-refractivity contribution in [2.45, 2.75) is 0 Å². The summed E-state index contributed by atoms with van der Waals surface area (Å²) >= 11 is 1.79. The fourth-order valence-corrected chi connectivity index (χ4v) is 7.20. The van der Waals surface area contributed by atoms with E-state index in [4.69, 9.17) is 19.4 Å². The van der Waals surface area contributed by atoms with Gasteiger partial charge >= 0.3 is 0 Å². The van der Waals surface area contributed by atoms with Crippen molar-refractivity contribution >= 4 is 53.4 Å². The highest BCUT2D eigenvalue weighted by atomic mass is 32.1. The Hall–Kier alpha value is -5.65. The first kappa shape index (κ1) is 24.9. The summed E-state index contributed by atoms with van der Waals surface area (Å²) in [4.78, 5) is 15.0. The van der Waals surface area contributed by atoms with Crippen molar-refractivity contribution in [3.8, 4) is 45.3 Å². The number of para-hydroxylation sites is 2. The van der Waals surface area contributed by atoms with Crippen molar-refractivity contribution in [1.29, 1.82) is 0 Å². The number of rotatable bonds is 4. The van der Waals surface area contributed by atoms with Gasteiger partial charge in [0.15, 0.2) is 17.5 Å². The second-order valence-electron chi connectivity index (χ2n) is 10.8. The van der Waals surface area contributed by atoms with Gasteiger partial charge in [0.1, 0.15) is 11.2 Å². The smallest absolute Gasteiger partial charge is 0.164 e. The van der Waals surface area contributed by atoms with E-state index in [1.54, 1.807) is 11.3 Å². The fourth-order valence-electron chi connectivity index (χ4n) is 6.08. The molecule has 9 rings (SSSR count). The summed E-state index contributed by atoms with van der Waals surface area (Å²) < 4.78 is 8.81. The molecule has 0 unspecified atom stereocenters. The van der Waals surface area contributed by atoms with Crippen LogP contribution < -0.4 is 0 Å². The van der Waals surface area contributed by atoms with Crippen LogP contribution in [-0.2, 0) is 0 Å². The quantitative estimate of drug-likeness (QED) is 0.207. The fraction of sp³-hybridized carbons (Fsp3) is 0. The van der Waals surface area contributed by atoms with Crippen LogP contribution in [0, 0.1) is 0 Å². The standard InChI is InChI=1S/C39H23N3OS/c1-3-11-24(12-4-1)37-40-38(25-13-5-2-6-14-25)42-39(41-37)30-18-10-20-34-35(30)31-23-26(21-22-33(31)44-34)27-16-9-17-29-28-15-7-8-19-32(28)43-36(27)29/h1-23H. The number of hydrogen-bond acceptors (Lipinski definition) is 5. The minimum atomic E-state index is 0.656. The van der Waals surface area contributed by atoms with Gasteiger partial charge in [-0.2, -0.15) is 0 Å². The number of aromatic nitrogens is 3. The molecule has 0 aliphatic rings. The summed E-state index contributed by atoms with van der Waals surface area (Å²) in [5.74, 6) is 1.97. The molecule has 0 spiro atoms. The van der Waals surface area contributed by atoms with E-state index in [-0.39, 0.29) is 0 Å². The van der Waals surface area contributed by atoms with Gasteiger partial charge in [0, 0.05) is 53.2 Å². The van der Waals surface area contributed by atoms with Crippen LogP contribution in [0.5, 0.6) is 0 Å². The average Bonchev–Trinajstić information content (AvgIpc) is 3.67. The summed E-state index contributed by atoms with van der Waals surface area (Å²) in [6.07, 6.45) is 0. The van der Waals surface area contributed by atoms with Gasteiger partial charge in [-0.1, -0.05) is 115 Å². The third-order valence-electron chi connectivity index (χ3n) is 8.15. The Bertz CT molecular complexity index is 2440. The second kappa shape index (κ2) is 9.97. The van der Waals surface area contributed by atoms with Crippen LogP contribution >= 0.6 is 11.3 Å². The highest BCUT2D eigenvalue weighted by Crippen LogP contribution is 2.43. The molecule has 3 heterocycles.